The second-order valence-electron chi connectivity index (χ2n) is 7.44. The van der Waals surface area contributed by atoms with Crippen LogP contribution in [0.3, 0.4) is 0 Å². The first-order valence-corrected chi connectivity index (χ1v) is 10.2. The summed E-state index contributed by atoms with van der Waals surface area (Å²) < 4.78 is 5.65. The molecule has 0 radical (unpaired) electrons. The van der Waals surface area contributed by atoms with Crippen LogP contribution < -0.4 is 9.64 Å². The highest BCUT2D eigenvalue weighted by Gasteiger charge is 2.34. The van der Waals surface area contributed by atoms with Crippen molar-refractivity contribution in [1.82, 2.24) is 9.80 Å². The average molecular weight is 414 g/mol. The number of rotatable bonds is 4. The number of piperazine rings is 1. The number of hydrogen-bond donors (Lipinski definition) is 0. The van der Waals surface area contributed by atoms with Gasteiger partial charge in [0.05, 0.1) is 5.69 Å². The maximum absolute atomic E-state index is 12.9. The van der Waals surface area contributed by atoms with Crippen molar-refractivity contribution in [3.05, 3.63) is 59.1 Å². The Labute approximate surface area is 175 Å². The molecule has 0 N–H and O–H groups in total. The van der Waals surface area contributed by atoms with E-state index in [1.54, 1.807) is 11.8 Å². The number of anilines is 1. The molecule has 0 bridgehead atoms. The van der Waals surface area contributed by atoms with Gasteiger partial charge in [0.15, 0.2) is 6.10 Å². The molecule has 0 spiro atoms. The van der Waals surface area contributed by atoms with E-state index in [9.17, 15) is 9.59 Å². The van der Waals surface area contributed by atoms with Crippen LogP contribution in [0, 0.1) is 0 Å². The number of fused-ring (bicyclic) bond motifs is 1. The van der Waals surface area contributed by atoms with Crippen molar-refractivity contribution in [2.45, 2.75) is 19.6 Å². The summed E-state index contributed by atoms with van der Waals surface area (Å²) in [6.45, 7) is 5.51. The van der Waals surface area contributed by atoms with Crippen molar-refractivity contribution in [1.29, 1.82) is 0 Å². The molecule has 1 saturated heterocycles. The molecule has 2 heterocycles. The molecule has 0 aliphatic carbocycles. The summed E-state index contributed by atoms with van der Waals surface area (Å²) >= 11 is 5.95. The number of halogens is 1. The minimum atomic E-state index is -0.589. The number of para-hydroxylation sites is 2. The largest absolute Gasteiger partial charge is 0.479 e. The van der Waals surface area contributed by atoms with Crippen molar-refractivity contribution in [3.8, 4) is 5.75 Å². The Hall–Kier alpha value is -2.57. The summed E-state index contributed by atoms with van der Waals surface area (Å²) in [6.07, 6.45) is -0.589. The Morgan fingerprint density at radius 1 is 1.07 bits per heavy atom. The van der Waals surface area contributed by atoms with Gasteiger partial charge in [-0.15, -0.1) is 0 Å². The maximum atomic E-state index is 12.9. The van der Waals surface area contributed by atoms with E-state index in [4.69, 9.17) is 16.3 Å². The quantitative estimate of drug-likeness (QED) is 0.773. The normalized spacial score (nSPS) is 19.7. The molecule has 7 heteroatoms. The zero-order chi connectivity index (χ0) is 20.4. The monoisotopic (exact) mass is 413 g/mol. The maximum Gasteiger partial charge on any atom is 0.268 e. The lowest BCUT2D eigenvalue weighted by Crippen LogP contribution is -2.53. The summed E-state index contributed by atoms with van der Waals surface area (Å²) in [5.74, 6) is 0.423. The summed E-state index contributed by atoms with van der Waals surface area (Å²) in [7, 11) is 0. The third-order valence-corrected chi connectivity index (χ3v) is 5.66. The van der Waals surface area contributed by atoms with Crippen LogP contribution in [0.5, 0.6) is 5.75 Å². The molecule has 2 aromatic carbocycles. The number of nitrogens with zero attached hydrogens (tertiary/aromatic N) is 3. The van der Waals surface area contributed by atoms with Crippen molar-refractivity contribution >= 4 is 29.1 Å². The van der Waals surface area contributed by atoms with Gasteiger partial charge in [-0.1, -0.05) is 35.9 Å². The fourth-order valence-corrected chi connectivity index (χ4v) is 3.89. The molecule has 1 atom stereocenters. The predicted molar refractivity (Wildman–Crippen MR) is 112 cm³/mol. The molecule has 29 heavy (non-hydrogen) atoms. The second kappa shape index (κ2) is 8.43. The molecule has 1 fully saturated rings. The van der Waals surface area contributed by atoms with Gasteiger partial charge in [0.2, 0.25) is 5.91 Å². The third-order valence-electron chi connectivity index (χ3n) is 5.41. The van der Waals surface area contributed by atoms with E-state index in [0.29, 0.717) is 24.5 Å². The highest BCUT2D eigenvalue weighted by Crippen LogP contribution is 2.33. The lowest BCUT2D eigenvalue weighted by atomic mass is 10.1. The number of benzene rings is 2. The highest BCUT2D eigenvalue weighted by molar-refractivity contribution is 6.30. The first-order valence-electron chi connectivity index (χ1n) is 9.83. The fourth-order valence-electron chi connectivity index (χ4n) is 3.76. The lowest BCUT2D eigenvalue weighted by molar-refractivity contribution is -0.134. The molecule has 152 valence electrons. The molecule has 0 saturated carbocycles. The van der Waals surface area contributed by atoms with Crippen LogP contribution in [-0.2, 0) is 16.1 Å². The molecule has 6 nitrogen and oxygen atoms in total. The third kappa shape index (κ3) is 4.38. The first kappa shape index (κ1) is 19.7. The molecule has 2 amide bonds. The lowest BCUT2D eigenvalue weighted by Gasteiger charge is -2.37. The molecule has 2 aliphatic rings. The topological polar surface area (TPSA) is 53.1 Å². The van der Waals surface area contributed by atoms with Crippen LogP contribution in [0.1, 0.15) is 12.5 Å². The number of carbonyl (C=O) groups excluding carboxylic acids is 2. The second-order valence-corrected chi connectivity index (χ2v) is 7.87. The van der Waals surface area contributed by atoms with Gasteiger partial charge in [-0.2, -0.15) is 0 Å². The van der Waals surface area contributed by atoms with Crippen molar-refractivity contribution in [2.24, 2.45) is 0 Å². The number of carbonyl (C=O) groups is 2. The number of ether oxygens (including phenoxy) is 1. The van der Waals surface area contributed by atoms with Gasteiger partial charge in [0.1, 0.15) is 12.3 Å². The van der Waals surface area contributed by atoms with Gasteiger partial charge < -0.3 is 9.64 Å². The zero-order valence-electron chi connectivity index (χ0n) is 16.4. The average Bonchev–Trinajstić information content (AvgIpc) is 2.73. The number of hydrogen-bond acceptors (Lipinski definition) is 4. The van der Waals surface area contributed by atoms with Gasteiger partial charge in [-0.3, -0.25) is 19.4 Å². The minimum Gasteiger partial charge on any atom is -0.479 e. The van der Waals surface area contributed by atoms with Gasteiger partial charge in [0.25, 0.3) is 5.91 Å². The van der Waals surface area contributed by atoms with Gasteiger partial charge in [-0.05, 0) is 36.8 Å². The van der Waals surface area contributed by atoms with E-state index in [2.05, 4.69) is 4.90 Å². The molecular weight excluding hydrogens is 390 g/mol. The zero-order valence-corrected chi connectivity index (χ0v) is 17.1. The van der Waals surface area contributed by atoms with Crippen LogP contribution in [0.25, 0.3) is 0 Å². The summed E-state index contributed by atoms with van der Waals surface area (Å²) in [4.78, 5) is 31.2. The summed E-state index contributed by atoms with van der Waals surface area (Å²) in [6, 6.07) is 15.2. The Morgan fingerprint density at radius 3 is 2.48 bits per heavy atom. The summed E-state index contributed by atoms with van der Waals surface area (Å²) in [5.41, 5.74) is 1.86. The predicted octanol–water partition coefficient (Wildman–Crippen LogP) is 2.80. The van der Waals surface area contributed by atoms with Gasteiger partial charge in [0, 0.05) is 37.7 Å². The van der Waals surface area contributed by atoms with E-state index in [-0.39, 0.29) is 18.4 Å². The van der Waals surface area contributed by atoms with Crippen LogP contribution in [0.2, 0.25) is 5.02 Å². The van der Waals surface area contributed by atoms with E-state index < -0.39 is 6.10 Å². The van der Waals surface area contributed by atoms with Crippen LogP contribution in [-0.4, -0.2) is 60.4 Å². The molecule has 0 aromatic heterocycles. The van der Waals surface area contributed by atoms with Gasteiger partial charge in [-0.25, -0.2) is 0 Å². The van der Waals surface area contributed by atoms with E-state index in [0.717, 1.165) is 24.7 Å². The first-order chi connectivity index (χ1) is 14.0. The van der Waals surface area contributed by atoms with E-state index in [1.165, 1.54) is 5.56 Å². The van der Waals surface area contributed by atoms with Gasteiger partial charge >= 0.3 is 0 Å². The SMILES string of the molecule is CC1Oc2ccccc2N(CC(=O)N2CCN(Cc3ccc(Cl)cc3)CC2)C1=O. The van der Waals surface area contributed by atoms with Crippen LogP contribution in [0.4, 0.5) is 5.69 Å². The Balaban J connectivity index is 1.35. The van der Waals surface area contributed by atoms with Crippen LogP contribution in [0.15, 0.2) is 48.5 Å². The summed E-state index contributed by atoms with van der Waals surface area (Å²) in [5, 5.41) is 0.734. The Bertz CT molecular complexity index is 894. The Morgan fingerprint density at radius 2 is 1.76 bits per heavy atom. The van der Waals surface area contributed by atoms with Crippen LogP contribution >= 0.6 is 11.6 Å². The fraction of sp³-hybridized carbons (Fsp3) is 0.364. The molecule has 4 rings (SSSR count). The minimum absolute atomic E-state index is 0.0339. The van der Waals surface area contributed by atoms with Crippen molar-refractivity contribution in [2.75, 3.05) is 37.6 Å². The molecule has 2 aromatic rings. The van der Waals surface area contributed by atoms with Crippen molar-refractivity contribution < 1.29 is 14.3 Å². The van der Waals surface area contributed by atoms with Crippen molar-refractivity contribution in [3.63, 3.8) is 0 Å². The molecule has 2 aliphatic heterocycles. The standard InChI is InChI=1S/C22H24ClN3O3/c1-16-22(28)26(19-4-2-3-5-20(19)29-16)15-21(27)25-12-10-24(11-13-25)14-17-6-8-18(23)9-7-17/h2-9,16H,10-15H2,1H3. The smallest absolute Gasteiger partial charge is 0.268 e. The Kier molecular flexibility index (Phi) is 5.74. The van der Waals surface area contributed by atoms with E-state index >= 15 is 0 Å². The molecular formula is C22H24ClN3O3. The molecule has 1 unspecified atom stereocenters. The number of amides is 2. The van der Waals surface area contributed by atoms with E-state index in [1.807, 2.05) is 53.4 Å². The highest BCUT2D eigenvalue weighted by atomic mass is 35.5.